The summed E-state index contributed by atoms with van der Waals surface area (Å²) in [6, 6.07) is 0. The van der Waals surface area contributed by atoms with E-state index in [9.17, 15) is 0 Å². The fourth-order valence-corrected chi connectivity index (χ4v) is 1.59. The summed E-state index contributed by atoms with van der Waals surface area (Å²) in [5, 5.41) is 11.8. The van der Waals surface area contributed by atoms with E-state index < -0.39 is 0 Å². The third-order valence-corrected chi connectivity index (χ3v) is 2.36. The second kappa shape index (κ2) is 6.32. The lowest BCUT2D eigenvalue weighted by Crippen LogP contribution is -2.02. The molecule has 16 heavy (non-hydrogen) atoms. The van der Waals surface area contributed by atoms with E-state index >= 15 is 0 Å². The van der Waals surface area contributed by atoms with E-state index in [2.05, 4.69) is 34.3 Å². The van der Waals surface area contributed by atoms with Gasteiger partial charge in [-0.3, -0.25) is 4.40 Å². The topological polar surface area (TPSA) is 55.1 Å². The van der Waals surface area contributed by atoms with Gasteiger partial charge >= 0.3 is 0 Å². The Labute approximate surface area is 99.7 Å². The standard InChI is InChI=1S/C7H9N5S.C3H8/c1-8-5-6-9-3-4-12(6)7(13-2)11-10-5;1-3-2/h3-4H,1-2H3,(H,8,10);3H2,1-2H3. The van der Waals surface area contributed by atoms with Crippen LogP contribution >= 0.6 is 11.8 Å². The smallest absolute Gasteiger partial charge is 0.195 e. The Hall–Kier alpha value is -1.30. The van der Waals surface area contributed by atoms with Gasteiger partial charge in [-0.1, -0.05) is 32.0 Å². The molecule has 2 rings (SSSR count). The molecule has 0 spiro atoms. The number of hydrogen-bond acceptors (Lipinski definition) is 5. The zero-order valence-electron chi connectivity index (χ0n) is 10.1. The molecule has 0 aliphatic heterocycles. The maximum absolute atomic E-state index is 4.18. The molecule has 2 aromatic heterocycles. The molecule has 0 unspecified atom stereocenters. The molecule has 5 nitrogen and oxygen atoms in total. The quantitative estimate of drug-likeness (QED) is 0.815. The van der Waals surface area contributed by atoms with E-state index in [1.165, 1.54) is 6.42 Å². The Morgan fingerprint density at radius 3 is 2.62 bits per heavy atom. The highest BCUT2D eigenvalue weighted by molar-refractivity contribution is 7.98. The van der Waals surface area contributed by atoms with Gasteiger partial charge in [0, 0.05) is 19.4 Å². The summed E-state index contributed by atoms with van der Waals surface area (Å²) in [5.74, 6) is 0.697. The average molecular weight is 239 g/mol. The van der Waals surface area contributed by atoms with Crippen LogP contribution in [0.5, 0.6) is 0 Å². The summed E-state index contributed by atoms with van der Waals surface area (Å²) in [5.41, 5.74) is 0.807. The Kier molecular flexibility index (Phi) is 5.04. The van der Waals surface area contributed by atoms with Crippen molar-refractivity contribution >= 4 is 23.2 Å². The first-order valence-electron chi connectivity index (χ1n) is 5.19. The molecule has 88 valence electrons. The first-order valence-corrected chi connectivity index (χ1v) is 6.42. The molecule has 0 bridgehead atoms. The van der Waals surface area contributed by atoms with Crippen LogP contribution in [-0.4, -0.2) is 32.9 Å². The summed E-state index contributed by atoms with van der Waals surface area (Å²) in [6.07, 6.45) is 6.82. The van der Waals surface area contributed by atoms with Crippen molar-refractivity contribution in [1.82, 2.24) is 19.6 Å². The first kappa shape index (κ1) is 12.8. The van der Waals surface area contributed by atoms with Gasteiger partial charge in [0.1, 0.15) is 0 Å². The summed E-state index contributed by atoms with van der Waals surface area (Å²) in [7, 11) is 1.80. The van der Waals surface area contributed by atoms with Crippen molar-refractivity contribution in [3.63, 3.8) is 0 Å². The van der Waals surface area contributed by atoms with Crippen molar-refractivity contribution in [3.8, 4) is 0 Å². The number of hydrogen-bond donors (Lipinski definition) is 1. The van der Waals surface area contributed by atoms with Gasteiger partial charge in [0.25, 0.3) is 0 Å². The van der Waals surface area contributed by atoms with Gasteiger partial charge in [-0.05, 0) is 6.26 Å². The molecule has 2 aromatic rings. The Morgan fingerprint density at radius 1 is 1.38 bits per heavy atom. The predicted molar refractivity (Wildman–Crippen MR) is 68.1 cm³/mol. The van der Waals surface area contributed by atoms with Crippen molar-refractivity contribution in [2.75, 3.05) is 18.6 Å². The molecular formula is C10H17N5S. The highest BCUT2D eigenvalue weighted by Crippen LogP contribution is 2.16. The number of aromatic nitrogens is 4. The fourth-order valence-electron chi connectivity index (χ4n) is 1.12. The summed E-state index contributed by atoms with van der Waals surface area (Å²) < 4.78 is 1.91. The lowest BCUT2D eigenvalue weighted by molar-refractivity contribution is 0.812. The number of imidazole rings is 1. The lowest BCUT2D eigenvalue weighted by atomic mass is 10.6. The minimum absolute atomic E-state index is 0.697. The zero-order valence-corrected chi connectivity index (χ0v) is 10.9. The number of fused-ring (bicyclic) bond motifs is 1. The van der Waals surface area contributed by atoms with Crippen molar-refractivity contribution in [1.29, 1.82) is 0 Å². The van der Waals surface area contributed by atoms with Crippen molar-refractivity contribution in [2.45, 2.75) is 25.4 Å². The van der Waals surface area contributed by atoms with E-state index in [0.717, 1.165) is 10.8 Å². The van der Waals surface area contributed by atoms with Gasteiger partial charge in [0.2, 0.25) is 0 Å². The Morgan fingerprint density at radius 2 is 2.06 bits per heavy atom. The second-order valence-electron chi connectivity index (χ2n) is 3.11. The monoisotopic (exact) mass is 239 g/mol. The van der Waals surface area contributed by atoms with Gasteiger partial charge in [-0.15, -0.1) is 10.2 Å². The van der Waals surface area contributed by atoms with E-state index in [-0.39, 0.29) is 0 Å². The van der Waals surface area contributed by atoms with Crippen LogP contribution in [0.1, 0.15) is 20.3 Å². The zero-order chi connectivity index (χ0) is 12.0. The molecule has 0 radical (unpaired) electrons. The van der Waals surface area contributed by atoms with Crippen molar-refractivity contribution < 1.29 is 0 Å². The van der Waals surface area contributed by atoms with Crippen LogP contribution in [0.3, 0.4) is 0 Å². The number of nitrogens with zero attached hydrogens (tertiary/aromatic N) is 4. The molecule has 0 atom stereocenters. The number of rotatable bonds is 2. The maximum atomic E-state index is 4.18. The average Bonchev–Trinajstić information content (AvgIpc) is 2.77. The molecule has 6 heteroatoms. The third kappa shape index (κ3) is 2.63. The SMILES string of the molecule is CCC.CNc1nnc(SC)n2ccnc12. The normalized spacial score (nSPS) is 9.75. The van der Waals surface area contributed by atoms with Gasteiger partial charge in [-0.25, -0.2) is 4.98 Å². The number of nitrogens with one attached hydrogen (secondary N) is 1. The van der Waals surface area contributed by atoms with Crippen LogP contribution in [0.2, 0.25) is 0 Å². The van der Waals surface area contributed by atoms with Crippen LogP contribution in [0, 0.1) is 0 Å². The number of anilines is 1. The van der Waals surface area contributed by atoms with Gasteiger partial charge in [-0.2, -0.15) is 0 Å². The van der Waals surface area contributed by atoms with E-state index in [1.807, 2.05) is 16.9 Å². The molecule has 0 amide bonds. The molecule has 0 aliphatic carbocycles. The molecule has 0 fully saturated rings. The van der Waals surface area contributed by atoms with E-state index in [1.54, 1.807) is 25.0 Å². The molecule has 1 N–H and O–H groups in total. The summed E-state index contributed by atoms with van der Waals surface area (Å²) >= 11 is 1.54. The minimum atomic E-state index is 0.697. The Bertz CT molecular complexity index is 402. The molecule has 0 aliphatic rings. The van der Waals surface area contributed by atoms with Gasteiger partial charge < -0.3 is 5.32 Å². The third-order valence-electron chi connectivity index (χ3n) is 1.71. The number of thioether (sulfide) groups is 1. The van der Waals surface area contributed by atoms with E-state index in [0.29, 0.717) is 5.82 Å². The minimum Gasteiger partial charge on any atom is -0.369 e. The predicted octanol–water partition coefficient (Wildman–Crippen LogP) is 2.30. The maximum Gasteiger partial charge on any atom is 0.195 e. The second-order valence-corrected chi connectivity index (χ2v) is 3.89. The van der Waals surface area contributed by atoms with Crippen LogP contribution < -0.4 is 5.32 Å². The Balaban J connectivity index is 0.000000386. The van der Waals surface area contributed by atoms with Crippen LogP contribution in [0.15, 0.2) is 17.6 Å². The van der Waals surface area contributed by atoms with Crippen LogP contribution in [-0.2, 0) is 0 Å². The summed E-state index contributed by atoms with van der Waals surface area (Å²) in [6.45, 7) is 4.25. The fraction of sp³-hybridized carbons (Fsp3) is 0.500. The first-order chi connectivity index (χ1) is 7.78. The van der Waals surface area contributed by atoms with E-state index in [4.69, 9.17) is 0 Å². The largest absolute Gasteiger partial charge is 0.369 e. The molecule has 0 saturated heterocycles. The summed E-state index contributed by atoms with van der Waals surface area (Å²) in [4.78, 5) is 4.18. The van der Waals surface area contributed by atoms with Crippen LogP contribution in [0.25, 0.3) is 5.65 Å². The van der Waals surface area contributed by atoms with Crippen molar-refractivity contribution in [3.05, 3.63) is 12.4 Å². The lowest BCUT2D eigenvalue weighted by Gasteiger charge is -2.03. The molecular weight excluding hydrogens is 222 g/mol. The highest BCUT2D eigenvalue weighted by atomic mass is 32.2. The van der Waals surface area contributed by atoms with Gasteiger partial charge in [0.15, 0.2) is 16.6 Å². The van der Waals surface area contributed by atoms with Gasteiger partial charge in [0.05, 0.1) is 0 Å². The van der Waals surface area contributed by atoms with Crippen LogP contribution in [0.4, 0.5) is 5.82 Å². The highest BCUT2D eigenvalue weighted by Gasteiger charge is 2.06. The van der Waals surface area contributed by atoms with Crippen molar-refractivity contribution in [2.24, 2.45) is 0 Å². The molecule has 0 saturated carbocycles. The molecule has 2 heterocycles. The molecule has 0 aromatic carbocycles.